The zero-order valence-corrected chi connectivity index (χ0v) is 13.5. The summed E-state index contributed by atoms with van der Waals surface area (Å²) in [6.45, 7) is 1.50. The fraction of sp³-hybridized carbons (Fsp3) is 0.375. The molecule has 2 aromatic rings. The largest absolute Gasteiger partial charge is 0.376 e. The first-order valence-electron chi connectivity index (χ1n) is 7.33. The maximum Gasteiger partial charge on any atom is 0.221 e. The summed E-state index contributed by atoms with van der Waals surface area (Å²) in [5.41, 5.74) is 2.89. The van der Waals surface area contributed by atoms with Crippen molar-refractivity contribution in [3.8, 4) is 0 Å². The number of thiazole rings is 1. The number of nitrogens with zero attached hydrogens (tertiary/aromatic N) is 1. The molecule has 1 aliphatic rings. The van der Waals surface area contributed by atoms with E-state index in [2.05, 4.69) is 15.6 Å². The fourth-order valence-electron chi connectivity index (χ4n) is 2.62. The zero-order valence-electron chi connectivity index (χ0n) is 12.7. The summed E-state index contributed by atoms with van der Waals surface area (Å²) in [5, 5.41) is 6.97. The first kappa shape index (κ1) is 15.0. The Morgan fingerprint density at radius 3 is 2.73 bits per heavy atom. The normalized spacial score (nSPS) is 16.9. The third-order valence-corrected chi connectivity index (χ3v) is 4.75. The maximum absolute atomic E-state index is 11.0. The van der Waals surface area contributed by atoms with Crippen molar-refractivity contribution in [1.82, 2.24) is 4.98 Å². The van der Waals surface area contributed by atoms with E-state index in [1.165, 1.54) is 11.8 Å². The Morgan fingerprint density at radius 1 is 1.32 bits per heavy atom. The molecule has 6 heteroatoms. The maximum atomic E-state index is 11.0. The molecule has 0 saturated heterocycles. The molecule has 1 atom stereocenters. The lowest BCUT2D eigenvalue weighted by atomic mass is 10.0. The summed E-state index contributed by atoms with van der Waals surface area (Å²) in [5.74, 6) is -0.0704. The minimum atomic E-state index is -0.0704. The molecule has 2 N–H and O–H groups in total. The number of fused-ring (bicyclic) bond motifs is 1. The molecular formula is C16H19N3O2S. The van der Waals surface area contributed by atoms with Gasteiger partial charge in [-0.25, -0.2) is 4.98 Å². The van der Waals surface area contributed by atoms with Gasteiger partial charge in [0, 0.05) is 25.4 Å². The van der Waals surface area contributed by atoms with Gasteiger partial charge in [-0.2, -0.15) is 0 Å². The number of aryl methyl sites for hydroxylation is 1. The number of anilines is 3. The SMILES string of the molecule is COC1CCCc2nc(Nc3ccc(NC(C)=O)cc3)sc21. The first-order valence-corrected chi connectivity index (χ1v) is 8.14. The van der Waals surface area contributed by atoms with Crippen LogP contribution in [0, 0.1) is 0 Å². The predicted octanol–water partition coefficient (Wildman–Crippen LogP) is 3.87. The van der Waals surface area contributed by atoms with E-state index in [-0.39, 0.29) is 12.0 Å². The number of hydrogen-bond donors (Lipinski definition) is 2. The minimum Gasteiger partial charge on any atom is -0.376 e. The molecule has 1 unspecified atom stereocenters. The van der Waals surface area contributed by atoms with Crippen molar-refractivity contribution >= 4 is 33.8 Å². The van der Waals surface area contributed by atoms with E-state index in [4.69, 9.17) is 4.74 Å². The van der Waals surface area contributed by atoms with Gasteiger partial charge < -0.3 is 15.4 Å². The smallest absolute Gasteiger partial charge is 0.221 e. The molecule has 0 spiro atoms. The highest BCUT2D eigenvalue weighted by atomic mass is 32.1. The number of carbonyl (C=O) groups excluding carboxylic acids is 1. The second-order valence-corrected chi connectivity index (χ2v) is 6.36. The Morgan fingerprint density at radius 2 is 2.05 bits per heavy atom. The Labute approximate surface area is 133 Å². The van der Waals surface area contributed by atoms with Gasteiger partial charge in [0.05, 0.1) is 16.7 Å². The number of ether oxygens (including phenoxy) is 1. The molecule has 116 valence electrons. The molecule has 1 amide bonds. The van der Waals surface area contributed by atoms with E-state index >= 15 is 0 Å². The van der Waals surface area contributed by atoms with Crippen LogP contribution in [0.4, 0.5) is 16.5 Å². The van der Waals surface area contributed by atoms with Crippen molar-refractivity contribution in [3.63, 3.8) is 0 Å². The van der Waals surface area contributed by atoms with E-state index in [0.717, 1.165) is 41.5 Å². The van der Waals surface area contributed by atoms with Gasteiger partial charge in [-0.3, -0.25) is 4.79 Å². The molecule has 0 aliphatic heterocycles. The Balaban J connectivity index is 1.73. The molecule has 1 aromatic heterocycles. The van der Waals surface area contributed by atoms with Crippen LogP contribution in [0.25, 0.3) is 0 Å². The quantitative estimate of drug-likeness (QED) is 0.898. The van der Waals surface area contributed by atoms with E-state index in [9.17, 15) is 4.79 Å². The Hall–Kier alpha value is -1.92. The lowest BCUT2D eigenvalue weighted by molar-refractivity contribution is -0.114. The van der Waals surface area contributed by atoms with Gasteiger partial charge in [0.25, 0.3) is 0 Å². The van der Waals surface area contributed by atoms with Crippen LogP contribution in [0.15, 0.2) is 24.3 Å². The van der Waals surface area contributed by atoms with E-state index in [0.29, 0.717) is 0 Å². The molecular weight excluding hydrogens is 298 g/mol. The standard InChI is InChI=1S/C16H19N3O2S/c1-10(20)17-11-6-8-12(9-7-11)18-16-19-13-4-3-5-14(21-2)15(13)22-16/h6-9,14H,3-5H2,1-2H3,(H,17,20)(H,18,19). The number of rotatable bonds is 4. The molecule has 1 aliphatic carbocycles. The molecule has 1 heterocycles. The summed E-state index contributed by atoms with van der Waals surface area (Å²) < 4.78 is 5.54. The summed E-state index contributed by atoms with van der Waals surface area (Å²) in [6.07, 6.45) is 3.39. The topological polar surface area (TPSA) is 63.2 Å². The third-order valence-electron chi connectivity index (χ3n) is 3.64. The molecule has 0 saturated carbocycles. The van der Waals surface area contributed by atoms with Gasteiger partial charge in [-0.1, -0.05) is 11.3 Å². The van der Waals surface area contributed by atoms with Crippen molar-refractivity contribution in [2.45, 2.75) is 32.3 Å². The van der Waals surface area contributed by atoms with E-state index < -0.39 is 0 Å². The molecule has 0 fully saturated rings. The molecule has 22 heavy (non-hydrogen) atoms. The highest BCUT2D eigenvalue weighted by molar-refractivity contribution is 7.15. The lowest BCUT2D eigenvalue weighted by Gasteiger charge is -2.18. The number of methoxy groups -OCH3 is 1. The predicted molar refractivity (Wildman–Crippen MR) is 88.8 cm³/mol. The van der Waals surface area contributed by atoms with Gasteiger partial charge >= 0.3 is 0 Å². The van der Waals surface area contributed by atoms with Crippen LogP contribution in [0.3, 0.4) is 0 Å². The molecule has 0 bridgehead atoms. The summed E-state index contributed by atoms with van der Waals surface area (Å²) in [4.78, 5) is 16.9. The monoisotopic (exact) mass is 317 g/mol. The van der Waals surface area contributed by atoms with Crippen molar-refractivity contribution in [1.29, 1.82) is 0 Å². The Kier molecular flexibility index (Phi) is 4.40. The average molecular weight is 317 g/mol. The van der Waals surface area contributed by atoms with Crippen molar-refractivity contribution in [2.75, 3.05) is 17.7 Å². The molecule has 3 rings (SSSR count). The average Bonchev–Trinajstić information content (AvgIpc) is 2.91. The van der Waals surface area contributed by atoms with Crippen LogP contribution in [0.1, 0.15) is 36.4 Å². The summed E-state index contributed by atoms with van der Waals surface area (Å²) in [7, 11) is 1.76. The number of hydrogen-bond acceptors (Lipinski definition) is 5. The van der Waals surface area contributed by atoms with Crippen LogP contribution in [-0.2, 0) is 16.0 Å². The molecule has 1 aromatic carbocycles. The number of nitrogens with one attached hydrogen (secondary N) is 2. The second-order valence-electron chi connectivity index (χ2n) is 5.33. The number of aromatic nitrogens is 1. The van der Waals surface area contributed by atoms with E-state index in [1.54, 1.807) is 18.4 Å². The van der Waals surface area contributed by atoms with Crippen molar-refractivity contribution < 1.29 is 9.53 Å². The zero-order chi connectivity index (χ0) is 15.5. The van der Waals surface area contributed by atoms with Crippen LogP contribution in [-0.4, -0.2) is 18.0 Å². The summed E-state index contributed by atoms with van der Waals surface area (Å²) in [6, 6.07) is 7.60. The third kappa shape index (κ3) is 3.28. The van der Waals surface area contributed by atoms with Gasteiger partial charge in [0.2, 0.25) is 5.91 Å². The number of benzene rings is 1. The van der Waals surface area contributed by atoms with Crippen LogP contribution >= 0.6 is 11.3 Å². The van der Waals surface area contributed by atoms with Gasteiger partial charge in [0.15, 0.2) is 5.13 Å². The minimum absolute atomic E-state index is 0.0704. The highest BCUT2D eigenvalue weighted by Gasteiger charge is 2.24. The fourth-order valence-corrected chi connectivity index (χ4v) is 3.77. The van der Waals surface area contributed by atoms with Crippen LogP contribution in [0.5, 0.6) is 0 Å². The molecule has 0 radical (unpaired) electrons. The van der Waals surface area contributed by atoms with E-state index in [1.807, 2.05) is 24.3 Å². The Bertz CT molecular complexity index is 667. The van der Waals surface area contributed by atoms with Crippen LogP contribution in [0.2, 0.25) is 0 Å². The van der Waals surface area contributed by atoms with Crippen molar-refractivity contribution in [2.24, 2.45) is 0 Å². The number of carbonyl (C=O) groups is 1. The van der Waals surface area contributed by atoms with Crippen molar-refractivity contribution in [3.05, 3.63) is 34.8 Å². The molecule has 5 nitrogen and oxygen atoms in total. The first-order chi connectivity index (χ1) is 10.7. The number of amides is 1. The van der Waals surface area contributed by atoms with Crippen LogP contribution < -0.4 is 10.6 Å². The van der Waals surface area contributed by atoms with Gasteiger partial charge in [-0.15, -0.1) is 0 Å². The summed E-state index contributed by atoms with van der Waals surface area (Å²) >= 11 is 1.66. The second kappa shape index (κ2) is 6.46. The lowest BCUT2D eigenvalue weighted by Crippen LogP contribution is -2.08. The highest BCUT2D eigenvalue weighted by Crippen LogP contribution is 2.38. The van der Waals surface area contributed by atoms with Gasteiger partial charge in [0.1, 0.15) is 0 Å². The van der Waals surface area contributed by atoms with Gasteiger partial charge in [-0.05, 0) is 43.5 Å².